The number of nitrogens with one attached hydrogen (secondary N) is 1. The van der Waals surface area contributed by atoms with Crippen LogP contribution in [0.4, 0.5) is 0 Å². The number of hydrogen-bond acceptors (Lipinski definition) is 4. The summed E-state index contributed by atoms with van der Waals surface area (Å²) in [4.78, 5) is 17.0. The molecular formula is C15H25N3OS. The molecule has 3 N–H and O–H groups in total. The van der Waals surface area contributed by atoms with Gasteiger partial charge in [-0.3, -0.25) is 9.69 Å². The highest BCUT2D eigenvalue weighted by Crippen LogP contribution is 2.35. The number of aryl methyl sites for hydroxylation is 1. The van der Waals surface area contributed by atoms with Gasteiger partial charge in [0.05, 0.1) is 12.1 Å². The zero-order valence-corrected chi connectivity index (χ0v) is 13.4. The third kappa shape index (κ3) is 3.05. The molecule has 0 aromatic carbocycles. The van der Waals surface area contributed by atoms with Crippen LogP contribution < -0.4 is 11.1 Å². The van der Waals surface area contributed by atoms with E-state index in [-0.39, 0.29) is 24.0 Å². The summed E-state index contributed by atoms with van der Waals surface area (Å²) in [5.41, 5.74) is 6.38. The van der Waals surface area contributed by atoms with Gasteiger partial charge in [0.15, 0.2) is 0 Å². The fraction of sp³-hybridized carbons (Fsp3) is 0.667. The summed E-state index contributed by atoms with van der Waals surface area (Å²) in [7, 11) is 1.71. The standard InChI is InChI=1S/C15H25N3OS/c1-4-11(16)14(13-8-7-10(2)20-13)18-9-5-6-12(18)15(19)17-3/h7-8,11-12,14H,4-6,9,16H2,1-3H3,(H,17,19). The highest BCUT2D eigenvalue weighted by molar-refractivity contribution is 7.12. The molecule has 112 valence electrons. The molecule has 0 spiro atoms. The molecule has 0 bridgehead atoms. The smallest absolute Gasteiger partial charge is 0.237 e. The first-order valence-corrected chi connectivity index (χ1v) is 8.19. The number of hydrogen-bond donors (Lipinski definition) is 2. The molecule has 4 nitrogen and oxygen atoms in total. The Balaban J connectivity index is 2.28. The molecule has 1 aromatic rings. The van der Waals surface area contributed by atoms with E-state index in [2.05, 4.69) is 36.2 Å². The lowest BCUT2D eigenvalue weighted by atomic mass is 10.0. The third-order valence-corrected chi connectivity index (χ3v) is 5.20. The number of carbonyl (C=O) groups is 1. The number of likely N-dealkylation sites (tertiary alicyclic amines) is 1. The van der Waals surface area contributed by atoms with Crippen LogP contribution >= 0.6 is 11.3 Å². The van der Waals surface area contributed by atoms with E-state index in [1.807, 2.05) is 0 Å². The molecule has 0 radical (unpaired) electrons. The molecule has 3 unspecified atom stereocenters. The fourth-order valence-corrected chi connectivity index (χ4v) is 4.10. The maximum Gasteiger partial charge on any atom is 0.237 e. The SMILES string of the molecule is CCC(N)C(c1ccc(C)s1)N1CCCC1C(=O)NC. The number of rotatable bonds is 5. The lowest BCUT2D eigenvalue weighted by Crippen LogP contribution is -2.48. The van der Waals surface area contributed by atoms with E-state index in [9.17, 15) is 4.79 Å². The molecule has 20 heavy (non-hydrogen) atoms. The van der Waals surface area contributed by atoms with Gasteiger partial charge >= 0.3 is 0 Å². The first kappa shape index (κ1) is 15.5. The van der Waals surface area contributed by atoms with Crippen molar-refractivity contribution in [3.05, 3.63) is 21.9 Å². The average molecular weight is 295 g/mol. The van der Waals surface area contributed by atoms with Gasteiger partial charge in [-0.1, -0.05) is 6.92 Å². The Morgan fingerprint density at radius 2 is 2.35 bits per heavy atom. The van der Waals surface area contributed by atoms with Gasteiger partial charge in [-0.25, -0.2) is 0 Å². The van der Waals surface area contributed by atoms with Crippen LogP contribution in [-0.2, 0) is 4.79 Å². The Kier molecular flexibility index (Phi) is 5.18. The Labute approximate surface area is 125 Å². The van der Waals surface area contributed by atoms with Gasteiger partial charge in [-0.2, -0.15) is 0 Å². The molecule has 2 heterocycles. The van der Waals surface area contributed by atoms with Crippen molar-refractivity contribution < 1.29 is 4.79 Å². The van der Waals surface area contributed by atoms with Crippen LogP contribution in [0.3, 0.4) is 0 Å². The monoisotopic (exact) mass is 295 g/mol. The zero-order valence-electron chi connectivity index (χ0n) is 12.6. The minimum absolute atomic E-state index is 0.0370. The van der Waals surface area contributed by atoms with Crippen molar-refractivity contribution in [2.75, 3.05) is 13.6 Å². The first-order valence-electron chi connectivity index (χ1n) is 7.37. The lowest BCUT2D eigenvalue weighted by molar-refractivity contribution is -0.125. The number of nitrogens with zero attached hydrogens (tertiary/aromatic N) is 1. The summed E-state index contributed by atoms with van der Waals surface area (Å²) in [5.74, 6) is 0.115. The molecule has 1 aromatic heterocycles. The van der Waals surface area contributed by atoms with E-state index < -0.39 is 0 Å². The van der Waals surface area contributed by atoms with E-state index >= 15 is 0 Å². The largest absolute Gasteiger partial charge is 0.358 e. The summed E-state index contributed by atoms with van der Waals surface area (Å²) in [6.45, 7) is 5.18. The minimum Gasteiger partial charge on any atom is -0.358 e. The van der Waals surface area contributed by atoms with Crippen molar-refractivity contribution in [1.82, 2.24) is 10.2 Å². The summed E-state index contributed by atoms with van der Waals surface area (Å²) in [6.07, 6.45) is 2.91. The van der Waals surface area contributed by atoms with Crippen LogP contribution in [0.1, 0.15) is 42.0 Å². The summed E-state index contributed by atoms with van der Waals surface area (Å²) in [6, 6.07) is 4.49. The van der Waals surface area contributed by atoms with E-state index in [1.165, 1.54) is 9.75 Å². The molecule has 5 heteroatoms. The quantitative estimate of drug-likeness (QED) is 0.874. The minimum atomic E-state index is -0.0370. The van der Waals surface area contributed by atoms with E-state index in [1.54, 1.807) is 18.4 Å². The van der Waals surface area contributed by atoms with Crippen LogP contribution in [0, 0.1) is 6.92 Å². The first-order chi connectivity index (χ1) is 9.58. The second-order valence-corrected chi connectivity index (χ2v) is 6.79. The predicted molar refractivity (Wildman–Crippen MR) is 83.9 cm³/mol. The average Bonchev–Trinajstić information content (AvgIpc) is 3.08. The van der Waals surface area contributed by atoms with Gasteiger partial charge in [-0.05, 0) is 44.9 Å². The number of nitrogens with two attached hydrogens (primary N) is 1. The molecular weight excluding hydrogens is 270 g/mol. The maximum absolute atomic E-state index is 12.1. The van der Waals surface area contributed by atoms with Gasteiger partial charge in [0, 0.05) is 22.8 Å². The van der Waals surface area contributed by atoms with E-state index in [0.29, 0.717) is 0 Å². The van der Waals surface area contributed by atoms with Crippen molar-refractivity contribution in [3.63, 3.8) is 0 Å². The molecule has 3 atom stereocenters. The van der Waals surface area contributed by atoms with Gasteiger partial charge in [-0.15, -0.1) is 11.3 Å². The molecule has 0 aliphatic carbocycles. The molecule has 1 amide bonds. The van der Waals surface area contributed by atoms with Gasteiger partial charge < -0.3 is 11.1 Å². The number of likely N-dealkylation sites (N-methyl/N-ethyl adjacent to an activating group) is 1. The Morgan fingerprint density at radius 1 is 1.60 bits per heavy atom. The third-order valence-electron chi connectivity index (χ3n) is 4.13. The number of thiophene rings is 1. The Morgan fingerprint density at radius 3 is 2.90 bits per heavy atom. The van der Waals surface area contributed by atoms with Gasteiger partial charge in [0.25, 0.3) is 0 Å². The van der Waals surface area contributed by atoms with Crippen molar-refractivity contribution in [3.8, 4) is 0 Å². The molecule has 2 rings (SSSR count). The number of amides is 1. The van der Waals surface area contributed by atoms with Crippen LogP contribution in [0.15, 0.2) is 12.1 Å². The molecule has 1 saturated heterocycles. The molecule has 0 saturated carbocycles. The van der Waals surface area contributed by atoms with Crippen LogP contribution in [0.5, 0.6) is 0 Å². The second kappa shape index (κ2) is 6.70. The van der Waals surface area contributed by atoms with Crippen LogP contribution in [-0.4, -0.2) is 36.5 Å². The summed E-state index contributed by atoms with van der Waals surface area (Å²) >= 11 is 1.79. The van der Waals surface area contributed by atoms with Gasteiger partial charge in [0.1, 0.15) is 0 Å². The van der Waals surface area contributed by atoms with E-state index in [0.717, 1.165) is 25.8 Å². The summed E-state index contributed by atoms with van der Waals surface area (Å²) in [5, 5.41) is 2.79. The lowest BCUT2D eigenvalue weighted by Gasteiger charge is -2.35. The molecule has 1 aliphatic heterocycles. The topological polar surface area (TPSA) is 58.4 Å². The van der Waals surface area contributed by atoms with E-state index in [4.69, 9.17) is 5.73 Å². The maximum atomic E-state index is 12.1. The predicted octanol–water partition coefficient (Wildman–Crippen LogP) is 2.05. The van der Waals surface area contributed by atoms with Crippen molar-refractivity contribution >= 4 is 17.2 Å². The highest BCUT2D eigenvalue weighted by atomic mass is 32.1. The van der Waals surface area contributed by atoms with Crippen LogP contribution in [0.2, 0.25) is 0 Å². The molecule has 1 aliphatic rings. The van der Waals surface area contributed by atoms with Crippen molar-refractivity contribution in [2.45, 2.75) is 51.2 Å². The fourth-order valence-electron chi connectivity index (χ4n) is 3.03. The second-order valence-electron chi connectivity index (χ2n) is 5.48. The van der Waals surface area contributed by atoms with Crippen LogP contribution in [0.25, 0.3) is 0 Å². The zero-order chi connectivity index (χ0) is 14.7. The Bertz CT molecular complexity index is 460. The highest BCUT2D eigenvalue weighted by Gasteiger charge is 2.38. The van der Waals surface area contributed by atoms with Gasteiger partial charge in [0.2, 0.25) is 5.91 Å². The Hall–Kier alpha value is -0.910. The summed E-state index contributed by atoms with van der Waals surface area (Å²) < 4.78 is 0. The molecule has 1 fully saturated rings. The van der Waals surface area contributed by atoms with Crippen molar-refractivity contribution in [1.29, 1.82) is 0 Å². The normalized spacial score (nSPS) is 22.7. The van der Waals surface area contributed by atoms with Crippen molar-refractivity contribution in [2.24, 2.45) is 5.73 Å². The number of carbonyl (C=O) groups excluding carboxylic acids is 1.